The third-order valence-electron chi connectivity index (χ3n) is 4.88. The standard InChI is InChI=1S/C21H20ClFN2O2.C3H6/c1-3-10-25-13(2)18(16-8-5-9-17(22)19(16)21(25)27)20(26)24-12-14-6-4-7-15(23)11-14;1-2-3-1/h4-9,11H,3,10,12H2,1-2H3,(H,24,26);1-3H2. The minimum Gasteiger partial charge on any atom is -0.348 e. The van der Waals surface area contributed by atoms with Crippen molar-refractivity contribution in [3.63, 3.8) is 0 Å². The molecular weight excluding hydrogens is 403 g/mol. The molecule has 158 valence electrons. The average molecular weight is 429 g/mol. The molecule has 0 bridgehead atoms. The van der Waals surface area contributed by atoms with Crippen LogP contribution in [0.5, 0.6) is 0 Å². The minimum absolute atomic E-state index is 0.186. The Morgan fingerprint density at radius 3 is 2.50 bits per heavy atom. The van der Waals surface area contributed by atoms with Crippen molar-refractivity contribution in [2.24, 2.45) is 0 Å². The maximum Gasteiger partial charge on any atom is 0.260 e. The summed E-state index contributed by atoms with van der Waals surface area (Å²) < 4.78 is 14.9. The minimum atomic E-state index is -0.355. The molecule has 0 saturated heterocycles. The van der Waals surface area contributed by atoms with Gasteiger partial charge in [-0.3, -0.25) is 9.59 Å². The Balaban J connectivity index is 0.000000782. The molecule has 2 aromatic carbocycles. The number of halogens is 2. The number of fused-ring (bicyclic) bond motifs is 1. The Labute approximate surface area is 180 Å². The molecule has 0 aliphatic heterocycles. The van der Waals surface area contributed by atoms with Crippen LogP contribution < -0.4 is 10.9 Å². The summed E-state index contributed by atoms with van der Waals surface area (Å²) in [6.45, 7) is 4.40. The second-order valence-corrected chi connectivity index (χ2v) is 7.86. The first-order valence-corrected chi connectivity index (χ1v) is 10.7. The van der Waals surface area contributed by atoms with Gasteiger partial charge in [-0.1, -0.05) is 62.1 Å². The molecule has 3 aromatic rings. The molecule has 1 N–H and O–H groups in total. The van der Waals surface area contributed by atoms with Gasteiger partial charge in [0.15, 0.2) is 0 Å². The highest BCUT2D eigenvalue weighted by atomic mass is 35.5. The Morgan fingerprint density at radius 1 is 1.17 bits per heavy atom. The quantitative estimate of drug-likeness (QED) is 0.574. The first-order valence-electron chi connectivity index (χ1n) is 10.3. The maximum atomic E-state index is 13.3. The fourth-order valence-corrected chi connectivity index (χ4v) is 3.52. The van der Waals surface area contributed by atoms with E-state index in [1.54, 1.807) is 41.8 Å². The van der Waals surface area contributed by atoms with E-state index in [4.69, 9.17) is 11.6 Å². The van der Waals surface area contributed by atoms with E-state index in [9.17, 15) is 14.0 Å². The molecule has 1 saturated carbocycles. The second kappa shape index (κ2) is 9.90. The van der Waals surface area contributed by atoms with Crippen molar-refractivity contribution in [3.8, 4) is 0 Å². The zero-order chi connectivity index (χ0) is 21.7. The summed E-state index contributed by atoms with van der Waals surface area (Å²) in [6, 6.07) is 11.2. The van der Waals surface area contributed by atoms with Gasteiger partial charge in [0, 0.05) is 24.2 Å². The van der Waals surface area contributed by atoms with Gasteiger partial charge in [-0.05, 0) is 37.1 Å². The molecule has 30 heavy (non-hydrogen) atoms. The van der Waals surface area contributed by atoms with Crippen LogP contribution in [0.1, 0.15) is 54.2 Å². The Kier molecular flexibility index (Phi) is 7.27. The van der Waals surface area contributed by atoms with Gasteiger partial charge in [0.05, 0.1) is 16.0 Å². The SMILES string of the molecule is C1CC1.CCCn1c(C)c(C(=O)NCc2cccc(F)c2)c2cccc(Cl)c2c1=O. The number of hydrogen-bond acceptors (Lipinski definition) is 2. The van der Waals surface area contributed by atoms with E-state index in [1.807, 2.05) is 6.92 Å². The van der Waals surface area contributed by atoms with E-state index in [1.165, 1.54) is 31.4 Å². The van der Waals surface area contributed by atoms with Gasteiger partial charge < -0.3 is 9.88 Å². The monoisotopic (exact) mass is 428 g/mol. The van der Waals surface area contributed by atoms with E-state index < -0.39 is 0 Å². The average Bonchev–Trinajstić information content (AvgIpc) is 3.59. The maximum absolute atomic E-state index is 13.3. The summed E-state index contributed by atoms with van der Waals surface area (Å²) in [7, 11) is 0. The lowest BCUT2D eigenvalue weighted by Crippen LogP contribution is -2.30. The molecule has 1 aromatic heterocycles. The molecule has 0 spiro atoms. The van der Waals surface area contributed by atoms with Crippen LogP contribution in [0.3, 0.4) is 0 Å². The normalized spacial score (nSPS) is 12.3. The van der Waals surface area contributed by atoms with E-state index in [0.29, 0.717) is 39.2 Å². The largest absolute Gasteiger partial charge is 0.348 e. The second-order valence-electron chi connectivity index (χ2n) is 7.45. The lowest BCUT2D eigenvalue weighted by Gasteiger charge is -2.17. The summed E-state index contributed by atoms with van der Waals surface area (Å²) in [5, 5.41) is 4.00. The number of carbonyl (C=O) groups excluding carboxylic acids is 1. The van der Waals surface area contributed by atoms with Crippen molar-refractivity contribution < 1.29 is 9.18 Å². The zero-order valence-electron chi connectivity index (χ0n) is 17.3. The summed E-state index contributed by atoms with van der Waals surface area (Å²) in [6.07, 6.45) is 5.25. The number of nitrogens with zero attached hydrogens (tertiary/aromatic N) is 1. The van der Waals surface area contributed by atoms with Gasteiger partial charge in [0.1, 0.15) is 5.82 Å². The molecule has 1 fully saturated rings. The molecule has 1 heterocycles. The van der Waals surface area contributed by atoms with E-state index in [-0.39, 0.29) is 23.8 Å². The molecule has 6 heteroatoms. The van der Waals surface area contributed by atoms with Crippen LogP contribution in [0.4, 0.5) is 4.39 Å². The smallest absolute Gasteiger partial charge is 0.260 e. The first-order chi connectivity index (χ1) is 14.4. The number of benzene rings is 2. The predicted molar refractivity (Wildman–Crippen MR) is 120 cm³/mol. The van der Waals surface area contributed by atoms with Crippen LogP contribution in [-0.2, 0) is 13.1 Å². The third-order valence-corrected chi connectivity index (χ3v) is 5.19. The molecule has 0 unspecified atom stereocenters. The van der Waals surface area contributed by atoms with Crippen molar-refractivity contribution >= 4 is 28.3 Å². The van der Waals surface area contributed by atoms with Gasteiger partial charge in [-0.25, -0.2) is 4.39 Å². The Morgan fingerprint density at radius 2 is 1.87 bits per heavy atom. The molecule has 0 radical (unpaired) electrons. The van der Waals surface area contributed by atoms with Crippen molar-refractivity contribution in [3.05, 3.63) is 80.5 Å². The Bertz CT molecular complexity index is 1120. The lowest BCUT2D eigenvalue weighted by molar-refractivity contribution is 0.0951. The molecule has 4 rings (SSSR count). The summed E-state index contributed by atoms with van der Waals surface area (Å²) in [4.78, 5) is 25.8. The number of nitrogens with one attached hydrogen (secondary N) is 1. The number of carbonyl (C=O) groups is 1. The summed E-state index contributed by atoms with van der Waals surface area (Å²) in [5.74, 6) is -0.680. The molecule has 1 amide bonds. The van der Waals surface area contributed by atoms with E-state index in [2.05, 4.69) is 5.32 Å². The number of aromatic nitrogens is 1. The van der Waals surface area contributed by atoms with Crippen LogP contribution in [0.25, 0.3) is 10.8 Å². The number of pyridine rings is 1. The fourth-order valence-electron chi connectivity index (χ4n) is 3.26. The number of rotatable bonds is 5. The zero-order valence-corrected chi connectivity index (χ0v) is 18.1. The highest BCUT2D eigenvalue weighted by Gasteiger charge is 2.20. The number of amides is 1. The van der Waals surface area contributed by atoms with Gasteiger partial charge in [0.2, 0.25) is 0 Å². The Hall–Kier alpha value is -2.66. The van der Waals surface area contributed by atoms with Crippen molar-refractivity contribution in [1.82, 2.24) is 9.88 Å². The van der Waals surface area contributed by atoms with Crippen molar-refractivity contribution in [1.29, 1.82) is 0 Å². The van der Waals surface area contributed by atoms with Crippen LogP contribution in [-0.4, -0.2) is 10.5 Å². The van der Waals surface area contributed by atoms with Gasteiger partial charge >= 0.3 is 0 Å². The van der Waals surface area contributed by atoms with Gasteiger partial charge in [0.25, 0.3) is 11.5 Å². The van der Waals surface area contributed by atoms with Crippen LogP contribution in [0, 0.1) is 12.7 Å². The molecule has 1 aliphatic rings. The van der Waals surface area contributed by atoms with E-state index in [0.717, 1.165) is 6.42 Å². The molecular formula is C24H26ClFN2O2. The van der Waals surface area contributed by atoms with E-state index >= 15 is 0 Å². The lowest BCUT2D eigenvalue weighted by atomic mass is 10.0. The van der Waals surface area contributed by atoms with Crippen LogP contribution in [0.2, 0.25) is 5.02 Å². The first kappa shape index (κ1) is 22.0. The van der Waals surface area contributed by atoms with Crippen molar-refractivity contribution in [2.45, 2.75) is 52.6 Å². The summed E-state index contributed by atoms with van der Waals surface area (Å²) in [5.41, 5.74) is 1.46. The number of hydrogen-bond donors (Lipinski definition) is 1. The van der Waals surface area contributed by atoms with Crippen LogP contribution >= 0.6 is 11.6 Å². The molecule has 1 aliphatic carbocycles. The van der Waals surface area contributed by atoms with Crippen molar-refractivity contribution in [2.75, 3.05) is 0 Å². The van der Waals surface area contributed by atoms with Crippen LogP contribution in [0.15, 0.2) is 47.3 Å². The fraction of sp³-hybridized carbons (Fsp3) is 0.333. The predicted octanol–water partition coefficient (Wildman–Crippen LogP) is 5.61. The highest BCUT2D eigenvalue weighted by molar-refractivity contribution is 6.36. The molecule has 0 atom stereocenters. The van der Waals surface area contributed by atoms with Gasteiger partial charge in [-0.15, -0.1) is 0 Å². The molecule has 4 nitrogen and oxygen atoms in total. The van der Waals surface area contributed by atoms with Gasteiger partial charge in [-0.2, -0.15) is 0 Å². The topological polar surface area (TPSA) is 51.1 Å². The summed E-state index contributed by atoms with van der Waals surface area (Å²) >= 11 is 6.27. The third kappa shape index (κ3) is 5.08. The highest BCUT2D eigenvalue weighted by Crippen LogP contribution is 2.25.